The minimum atomic E-state index is -0.447. The standard InChI is InChI=1S/C17H15N5O4/c23-16(11-21-17(24)20-8-2-1-5-15(20)18-21)19-9-3-4-12-10-13(22(25)26)6-7-14(12)19/h1-2,5-8,10H,3-4,9,11H2. The van der Waals surface area contributed by atoms with Gasteiger partial charge in [-0.1, -0.05) is 6.07 Å². The molecule has 3 aromatic rings. The maximum atomic E-state index is 12.8. The normalized spacial score (nSPS) is 13.6. The topological polar surface area (TPSA) is 103 Å². The van der Waals surface area contributed by atoms with Crippen molar-refractivity contribution < 1.29 is 9.72 Å². The van der Waals surface area contributed by atoms with E-state index in [1.165, 1.54) is 16.5 Å². The van der Waals surface area contributed by atoms with E-state index in [4.69, 9.17) is 0 Å². The van der Waals surface area contributed by atoms with Crippen molar-refractivity contribution in [2.45, 2.75) is 19.4 Å². The maximum absolute atomic E-state index is 12.8. The Balaban J connectivity index is 1.64. The smallest absolute Gasteiger partial charge is 0.311 e. The number of fused-ring (bicyclic) bond motifs is 2. The predicted molar refractivity (Wildman–Crippen MR) is 93.2 cm³/mol. The van der Waals surface area contributed by atoms with E-state index in [1.54, 1.807) is 35.4 Å². The molecule has 0 saturated carbocycles. The molecule has 26 heavy (non-hydrogen) atoms. The zero-order valence-electron chi connectivity index (χ0n) is 13.7. The van der Waals surface area contributed by atoms with Crippen LogP contribution in [-0.4, -0.2) is 31.6 Å². The maximum Gasteiger partial charge on any atom is 0.350 e. The molecule has 0 N–H and O–H groups in total. The number of anilines is 1. The number of nitro benzene ring substituents is 1. The monoisotopic (exact) mass is 353 g/mol. The van der Waals surface area contributed by atoms with Crippen LogP contribution in [-0.2, 0) is 17.8 Å². The van der Waals surface area contributed by atoms with Crippen LogP contribution in [0.2, 0.25) is 0 Å². The summed E-state index contributed by atoms with van der Waals surface area (Å²) >= 11 is 0. The highest BCUT2D eigenvalue weighted by Crippen LogP contribution is 2.30. The number of nitro groups is 1. The van der Waals surface area contributed by atoms with Crippen molar-refractivity contribution in [3.63, 3.8) is 0 Å². The van der Waals surface area contributed by atoms with E-state index in [9.17, 15) is 19.7 Å². The van der Waals surface area contributed by atoms with Crippen molar-refractivity contribution in [2.24, 2.45) is 0 Å². The average Bonchev–Trinajstić information content (AvgIpc) is 2.96. The van der Waals surface area contributed by atoms with Gasteiger partial charge in [0.1, 0.15) is 6.54 Å². The lowest BCUT2D eigenvalue weighted by Gasteiger charge is -2.29. The molecule has 0 saturated heterocycles. The molecule has 4 rings (SSSR count). The minimum absolute atomic E-state index is 0.00891. The van der Waals surface area contributed by atoms with E-state index in [2.05, 4.69) is 5.10 Å². The lowest BCUT2D eigenvalue weighted by atomic mass is 10.0. The van der Waals surface area contributed by atoms with E-state index < -0.39 is 4.92 Å². The van der Waals surface area contributed by atoms with Gasteiger partial charge in [0.2, 0.25) is 5.91 Å². The Labute approximate surface area is 147 Å². The van der Waals surface area contributed by atoms with Crippen LogP contribution in [0, 0.1) is 10.1 Å². The SMILES string of the molecule is O=C(Cn1nc2ccccn2c1=O)N1CCCc2cc([N+](=O)[O-])ccc21. The molecule has 0 atom stereocenters. The third-order valence-electron chi connectivity index (χ3n) is 4.47. The van der Waals surface area contributed by atoms with Crippen LogP contribution in [0.5, 0.6) is 0 Å². The molecule has 0 bridgehead atoms. The Morgan fingerprint density at radius 2 is 2.12 bits per heavy atom. The fourth-order valence-electron chi connectivity index (χ4n) is 3.24. The van der Waals surface area contributed by atoms with Crippen LogP contribution < -0.4 is 10.6 Å². The number of carbonyl (C=O) groups excluding carboxylic acids is 1. The van der Waals surface area contributed by atoms with E-state index in [-0.39, 0.29) is 23.8 Å². The second kappa shape index (κ2) is 6.10. The number of rotatable bonds is 3. The van der Waals surface area contributed by atoms with Crippen molar-refractivity contribution in [2.75, 3.05) is 11.4 Å². The first-order valence-electron chi connectivity index (χ1n) is 8.16. The lowest BCUT2D eigenvalue weighted by Crippen LogP contribution is -2.39. The van der Waals surface area contributed by atoms with Crippen LogP contribution in [0.25, 0.3) is 5.65 Å². The largest absolute Gasteiger partial charge is 0.350 e. The van der Waals surface area contributed by atoms with Gasteiger partial charge in [0.05, 0.1) is 4.92 Å². The molecule has 1 amide bonds. The Morgan fingerprint density at radius 1 is 1.27 bits per heavy atom. The molecule has 1 aliphatic heterocycles. The molecule has 9 nitrogen and oxygen atoms in total. The van der Waals surface area contributed by atoms with Crippen molar-refractivity contribution in [1.82, 2.24) is 14.2 Å². The van der Waals surface area contributed by atoms with Gasteiger partial charge in [-0.05, 0) is 36.6 Å². The number of amides is 1. The zero-order valence-corrected chi connectivity index (χ0v) is 13.7. The summed E-state index contributed by atoms with van der Waals surface area (Å²) in [5.74, 6) is -0.273. The molecule has 3 heterocycles. The van der Waals surface area contributed by atoms with Crippen LogP contribution in [0.4, 0.5) is 11.4 Å². The summed E-state index contributed by atoms with van der Waals surface area (Å²) in [5.41, 5.74) is 1.52. The summed E-state index contributed by atoms with van der Waals surface area (Å²) < 4.78 is 2.51. The van der Waals surface area contributed by atoms with Crippen molar-refractivity contribution in [1.29, 1.82) is 0 Å². The van der Waals surface area contributed by atoms with Crippen LogP contribution >= 0.6 is 0 Å². The Hall–Kier alpha value is -3.49. The average molecular weight is 353 g/mol. The first-order chi connectivity index (χ1) is 12.5. The highest BCUT2D eigenvalue weighted by atomic mass is 16.6. The van der Waals surface area contributed by atoms with Gasteiger partial charge in [-0.2, -0.15) is 0 Å². The summed E-state index contributed by atoms with van der Waals surface area (Å²) in [7, 11) is 0. The molecule has 0 aliphatic carbocycles. The fraction of sp³-hybridized carbons (Fsp3) is 0.235. The number of aromatic nitrogens is 3. The van der Waals surface area contributed by atoms with Crippen molar-refractivity contribution in [3.8, 4) is 0 Å². The molecule has 2 aromatic heterocycles. The van der Waals surface area contributed by atoms with E-state index in [0.717, 1.165) is 10.2 Å². The third kappa shape index (κ3) is 2.63. The Morgan fingerprint density at radius 3 is 2.88 bits per heavy atom. The molecule has 0 unspecified atom stereocenters. The van der Waals surface area contributed by atoms with E-state index >= 15 is 0 Å². The quantitative estimate of drug-likeness (QED) is 0.523. The van der Waals surface area contributed by atoms with Gasteiger partial charge in [0.15, 0.2) is 5.65 Å². The van der Waals surface area contributed by atoms with Gasteiger partial charge >= 0.3 is 5.69 Å². The molecule has 0 fully saturated rings. The van der Waals surface area contributed by atoms with Gasteiger partial charge in [-0.15, -0.1) is 5.10 Å². The summed E-state index contributed by atoms with van der Waals surface area (Å²) in [6.45, 7) is 0.322. The molecule has 0 radical (unpaired) electrons. The molecular formula is C17H15N5O4. The first-order valence-corrected chi connectivity index (χ1v) is 8.16. The van der Waals surface area contributed by atoms with Gasteiger partial charge in [-0.25, -0.2) is 9.48 Å². The highest BCUT2D eigenvalue weighted by Gasteiger charge is 2.25. The second-order valence-corrected chi connectivity index (χ2v) is 6.09. The Bertz CT molecular complexity index is 1080. The number of hydrogen-bond acceptors (Lipinski definition) is 5. The van der Waals surface area contributed by atoms with Gasteiger partial charge in [0, 0.05) is 30.6 Å². The number of pyridine rings is 1. The summed E-state index contributed by atoms with van der Waals surface area (Å²) in [5, 5.41) is 15.1. The highest BCUT2D eigenvalue weighted by molar-refractivity contribution is 5.94. The second-order valence-electron chi connectivity index (χ2n) is 6.09. The van der Waals surface area contributed by atoms with Gasteiger partial charge < -0.3 is 4.90 Å². The third-order valence-corrected chi connectivity index (χ3v) is 4.47. The molecule has 9 heteroatoms. The number of aryl methyl sites for hydroxylation is 1. The molecular weight excluding hydrogens is 338 g/mol. The summed E-state index contributed by atoms with van der Waals surface area (Å²) in [6.07, 6.45) is 2.98. The number of hydrogen-bond donors (Lipinski definition) is 0. The zero-order chi connectivity index (χ0) is 18.3. The van der Waals surface area contributed by atoms with E-state index in [1.807, 2.05) is 0 Å². The molecule has 132 valence electrons. The summed E-state index contributed by atoms with van der Waals surface area (Å²) in [4.78, 5) is 37.2. The van der Waals surface area contributed by atoms with E-state index in [0.29, 0.717) is 30.7 Å². The number of non-ortho nitro benzene ring substituents is 1. The van der Waals surface area contributed by atoms with Crippen molar-refractivity contribution >= 4 is 22.9 Å². The van der Waals surface area contributed by atoms with Crippen LogP contribution in [0.1, 0.15) is 12.0 Å². The summed E-state index contributed by atoms with van der Waals surface area (Å²) in [6, 6.07) is 9.67. The number of nitrogens with zero attached hydrogens (tertiary/aromatic N) is 5. The molecule has 0 spiro atoms. The molecule has 1 aliphatic rings. The minimum Gasteiger partial charge on any atom is -0.311 e. The van der Waals surface area contributed by atoms with Crippen LogP contribution in [0.15, 0.2) is 47.4 Å². The Kier molecular flexibility index (Phi) is 3.76. The number of benzene rings is 1. The van der Waals surface area contributed by atoms with Crippen LogP contribution in [0.3, 0.4) is 0 Å². The number of carbonyl (C=O) groups is 1. The molecule has 1 aromatic carbocycles. The van der Waals surface area contributed by atoms with Gasteiger partial charge in [0.25, 0.3) is 5.69 Å². The first kappa shape index (κ1) is 16.0. The fourth-order valence-corrected chi connectivity index (χ4v) is 3.24. The predicted octanol–water partition coefficient (Wildman–Crippen LogP) is 1.38. The lowest BCUT2D eigenvalue weighted by molar-refractivity contribution is -0.384. The van der Waals surface area contributed by atoms with Gasteiger partial charge in [-0.3, -0.25) is 19.3 Å². The van der Waals surface area contributed by atoms with Crippen molar-refractivity contribution in [3.05, 3.63) is 68.8 Å².